The fraction of sp³-hybridized carbons (Fsp3) is 1.00. The molecule has 15 heavy (non-hydrogen) atoms. The molecule has 0 aromatic carbocycles. The van der Waals surface area contributed by atoms with Crippen LogP contribution in [0.15, 0.2) is 0 Å². The number of piperidine rings is 1. The smallest absolute Gasteiger partial charge is 0.0991 e. The Morgan fingerprint density at radius 2 is 1.80 bits per heavy atom. The van der Waals surface area contributed by atoms with Gasteiger partial charge in [0.2, 0.25) is 0 Å². The van der Waals surface area contributed by atoms with E-state index in [9.17, 15) is 15.3 Å². The summed E-state index contributed by atoms with van der Waals surface area (Å²) in [5, 5.41) is 37.9. The molecule has 0 aliphatic carbocycles. The second-order valence-corrected chi connectivity index (χ2v) is 4.68. The minimum atomic E-state index is -0.838. The Morgan fingerprint density at radius 1 is 1.07 bits per heavy atom. The molecule has 2 heterocycles. The van der Waals surface area contributed by atoms with Crippen molar-refractivity contribution in [2.75, 3.05) is 19.7 Å². The van der Waals surface area contributed by atoms with Crippen molar-refractivity contribution in [3.63, 3.8) is 0 Å². The van der Waals surface area contributed by atoms with Gasteiger partial charge in [-0.25, -0.2) is 0 Å². The Labute approximate surface area is 88.9 Å². The highest BCUT2D eigenvalue weighted by Gasteiger charge is 2.47. The molecule has 2 saturated heterocycles. The van der Waals surface area contributed by atoms with Gasteiger partial charge >= 0.3 is 0 Å². The van der Waals surface area contributed by atoms with E-state index in [1.807, 2.05) is 4.90 Å². The van der Waals surface area contributed by atoms with Gasteiger partial charge in [0.15, 0.2) is 0 Å². The zero-order valence-corrected chi connectivity index (χ0v) is 8.66. The van der Waals surface area contributed by atoms with E-state index < -0.39 is 18.3 Å². The van der Waals surface area contributed by atoms with Crippen molar-refractivity contribution < 1.29 is 20.4 Å². The first kappa shape index (κ1) is 11.3. The van der Waals surface area contributed by atoms with E-state index in [1.165, 1.54) is 0 Å². The van der Waals surface area contributed by atoms with Gasteiger partial charge in [0.1, 0.15) is 0 Å². The average Bonchev–Trinajstić information content (AvgIpc) is 2.43. The third-order valence-corrected chi connectivity index (χ3v) is 3.59. The average molecular weight is 217 g/mol. The first-order valence-electron chi connectivity index (χ1n) is 5.52. The summed E-state index contributed by atoms with van der Waals surface area (Å²) in [6.45, 7) is 1.29. The van der Waals surface area contributed by atoms with Crippen molar-refractivity contribution in [3.8, 4) is 0 Å². The van der Waals surface area contributed by atoms with Gasteiger partial charge in [-0.1, -0.05) is 0 Å². The van der Waals surface area contributed by atoms with Crippen molar-refractivity contribution in [2.24, 2.45) is 5.92 Å². The number of nitrogens with zero attached hydrogens (tertiary/aromatic N) is 1. The maximum Gasteiger partial charge on any atom is 0.0991 e. The topological polar surface area (TPSA) is 84.2 Å². The molecule has 0 aromatic rings. The standard InChI is InChI=1S/C10H19NO4/c12-2-1-6-3-7(13)9-10(15)8(14)5-11(9)4-6/h6-10,12-15H,1-5H2/t6-,7+,8-,9+,10-/m0/s1. The molecule has 0 amide bonds. The van der Waals surface area contributed by atoms with Crippen molar-refractivity contribution >= 4 is 0 Å². The van der Waals surface area contributed by atoms with Crippen molar-refractivity contribution in [3.05, 3.63) is 0 Å². The summed E-state index contributed by atoms with van der Waals surface area (Å²) in [5.74, 6) is 0.263. The number of rotatable bonds is 2. The van der Waals surface area contributed by atoms with E-state index in [-0.39, 0.29) is 18.6 Å². The summed E-state index contributed by atoms with van der Waals surface area (Å²) in [6.07, 6.45) is -0.909. The summed E-state index contributed by atoms with van der Waals surface area (Å²) in [4.78, 5) is 1.93. The minimum absolute atomic E-state index is 0.126. The Bertz CT molecular complexity index is 225. The van der Waals surface area contributed by atoms with Gasteiger partial charge in [-0.15, -0.1) is 0 Å². The zero-order valence-electron chi connectivity index (χ0n) is 8.66. The highest BCUT2D eigenvalue weighted by Crippen LogP contribution is 2.31. The monoisotopic (exact) mass is 217 g/mol. The molecule has 88 valence electrons. The van der Waals surface area contributed by atoms with Crippen LogP contribution < -0.4 is 0 Å². The summed E-state index contributed by atoms with van der Waals surface area (Å²) in [5.41, 5.74) is 0. The van der Waals surface area contributed by atoms with Crippen LogP contribution in [0.4, 0.5) is 0 Å². The molecule has 2 rings (SSSR count). The van der Waals surface area contributed by atoms with Gasteiger partial charge in [-0.3, -0.25) is 4.90 Å². The molecule has 5 atom stereocenters. The minimum Gasteiger partial charge on any atom is -0.396 e. The van der Waals surface area contributed by atoms with E-state index in [4.69, 9.17) is 5.11 Å². The first-order valence-corrected chi connectivity index (χ1v) is 5.52. The summed E-state index contributed by atoms with van der Waals surface area (Å²) in [7, 11) is 0. The van der Waals surface area contributed by atoms with Crippen LogP contribution in [-0.4, -0.2) is 69.4 Å². The van der Waals surface area contributed by atoms with Gasteiger partial charge in [0.05, 0.1) is 24.4 Å². The zero-order chi connectivity index (χ0) is 11.0. The molecule has 2 aliphatic rings. The van der Waals surface area contributed by atoms with E-state index >= 15 is 0 Å². The van der Waals surface area contributed by atoms with E-state index in [1.54, 1.807) is 0 Å². The Hall–Kier alpha value is -0.200. The number of fused-ring (bicyclic) bond motifs is 1. The second-order valence-electron chi connectivity index (χ2n) is 4.68. The molecule has 0 saturated carbocycles. The Morgan fingerprint density at radius 3 is 2.47 bits per heavy atom. The highest BCUT2D eigenvalue weighted by atomic mass is 16.3. The lowest BCUT2D eigenvalue weighted by atomic mass is 9.88. The lowest BCUT2D eigenvalue weighted by molar-refractivity contribution is -0.0454. The lowest BCUT2D eigenvalue weighted by Gasteiger charge is -2.39. The molecule has 5 heteroatoms. The fourth-order valence-electron chi connectivity index (χ4n) is 2.86. The molecule has 0 bridgehead atoms. The molecule has 0 aromatic heterocycles. The quantitative estimate of drug-likeness (QED) is 0.437. The normalized spacial score (nSPS) is 46.8. The molecule has 5 nitrogen and oxygen atoms in total. The van der Waals surface area contributed by atoms with Crippen LogP contribution in [0.3, 0.4) is 0 Å². The maximum absolute atomic E-state index is 9.87. The fourth-order valence-corrected chi connectivity index (χ4v) is 2.86. The van der Waals surface area contributed by atoms with Crippen LogP contribution >= 0.6 is 0 Å². The van der Waals surface area contributed by atoms with Crippen LogP contribution in [0.5, 0.6) is 0 Å². The van der Waals surface area contributed by atoms with Gasteiger partial charge in [-0.2, -0.15) is 0 Å². The highest BCUT2D eigenvalue weighted by molar-refractivity contribution is 5.01. The summed E-state index contributed by atoms with van der Waals surface area (Å²) in [6, 6.07) is -0.324. The number of hydrogen-bond donors (Lipinski definition) is 4. The van der Waals surface area contributed by atoms with Crippen LogP contribution in [-0.2, 0) is 0 Å². The van der Waals surface area contributed by atoms with Crippen LogP contribution in [0.2, 0.25) is 0 Å². The van der Waals surface area contributed by atoms with Gasteiger partial charge < -0.3 is 20.4 Å². The molecule has 4 N–H and O–H groups in total. The van der Waals surface area contributed by atoms with Crippen molar-refractivity contribution in [1.29, 1.82) is 0 Å². The molecule has 0 spiro atoms. The number of aliphatic hydroxyl groups excluding tert-OH is 4. The van der Waals surface area contributed by atoms with Gasteiger partial charge in [-0.05, 0) is 18.8 Å². The van der Waals surface area contributed by atoms with Crippen molar-refractivity contribution in [2.45, 2.75) is 37.2 Å². The SMILES string of the molecule is OCC[C@H]1C[C@@H](O)[C@@H]2[C@@H](O)[C@@H](O)CN2C1. The first-order chi connectivity index (χ1) is 7.13. The maximum atomic E-state index is 9.87. The second kappa shape index (κ2) is 4.35. The largest absolute Gasteiger partial charge is 0.396 e. The summed E-state index contributed by atoms with van der Waals surface area (Å²) >= 11 is 0. The number of aliphatic hydroxyl groups is 4. The van der Waals surface area contributed by atoms with Gasteiger partial charge in [0.25, 0.3) is 0 Å². The molecule has 0 unspecified atom stereocenters. The van der Waals surface area contributed by atoms with Crippen molar-refractivity contribution in [1.82, 2.24) is 4.90 Å². The third-order valence-electron chi connectivity index (χ3n) is 3.59. The van der Waals surface area contributed by atoms with Gasteiger partial charge in [0, 0.05) is 19.7 Å². The third kappa shape index (κ3) is 2.03. The molecule has 0 radical (unpaired) electrons. The van der Waals surface area contributed by atoms with E-state index in [2.05, 4.69) is 0 Å². The predicted octanol–water partition coefficient (Wildman–Crippen LogP) is -1.84. The van der Waals surface area contributed by atoms with Crippen LogP contribution in [0.1, 0.15) is 12.8 Å². The lowest BCUT2D eigenvalue weighted by Crippen LogP contribution is -2.52. The van der Waals surface area contributed by atoms with Crippen LogP contribution in [0.25, 0.3) is 0 Å². The van der Waals surface area contributed by atoms with Crippen LogP contribution in [0, 0.1) is 5.92 Å². The van der Waals surface area contributed by atoms with E-state index in [0.717, 1.165) is 6.54 Å². The summed E-state index contributed by atoms with van der Waals surface area (Å²) < 4.78 is 0. The Balaban J connectivity index is 2.02. The Kier molecular flexibility index (Phi) is 3.27. The molecule has 2 aliphatic heterocycles. The molecular weight excluding hydrogens is 198 g/mol. The van der Waals surface area contributed by atoms with E-state index in [0.29, 0.717) is 19.4 Å². The predicted molar refractivity (Wildman–Crippen MR) is 53.2 cm³/mol. The molecule has 2 fully saturated rings. The number of hydrogen-bond acceptors (Lipinski definition) is 5. The molecular formula is C10H19NO4.